The van der Waals surface area contributed by atoms with Gasteiger partial charge in [0.1, 0.15) is 0 Å². The van der Waals surface area contributed by atoms with Crippen molar-refractivity contribution >= 4 is 0 Å². The molecule has 0 saturated heterocycles. The molecule has 0 radical (unpaired) electrons. The van der Waals surface area contributed by atoms with Crippen LogP contribution < -0.4 is 5.73 Å². The summed E-state index contributed by atoms with van der Waals surface area (Å²) >= 11 is 0. The van der Waals surface area contributed by atoms with Gasteiger partial charge in [0.25, 0.3) is 0 Å². The maximum atomic E-state index is 6.30. The monoisotopic (exact) mass is 233 g/mol. The zero-order valence-electron chi connectivity index (χ0n) is 10.8. The number of nitrogens with zero attached hydrogens (tertiary/aromatic N) is 2. The van der Waals surface area contributed by atoms with Crippen LogP contribution in [0.15, 0.2) is 24.5 Å². The Kier molecular flexibility index (Phi) is 4.13. The van der Waals surface area contributed by atoms with Crippen LogP contribution in [0.25, 0.3) is 0 Å². The molecule has 1 aromatic heterocycles. The third kappa shape index (κ3) is 2.67. The Labute approximate surface area is 104 Å². The molecule has 1 aliphatic carbocycles. The minimum absolute atomic E-state index is 0.197. The van der Waals surface area contributed by atoms with Gasteiger partial charge in [-0.15, -0.1) is 0 Å². The average Bonchev–Trinajstić information content (AvgIpc) is 2.28. The summed E-state index contributed by atoms with van der Waals surface area (Å²) in [4.78, 5) is 6.56. The molecule has 2 atom stereocenters. The number of likely N-dealkylation sites (N-methyl/N-ethyl adjacent to an activating group) is 1. The van der Waals surface area contributed by atoms with Gasteiger partial charge >= 0.3 is 0 Å². The fourth-order valence-electron chi connectivity index (χ4n) is 2.59. The lowest BCUT2D eigenvalue weighted by Gasteiger charge is -2.42. The van der Waals surface area contributed by atoms with Crippen molar-refractivity contribution in [2.45, 2.75) is 50.7 Å². The third-order valence-corrected chi connectivity index (χ3v) is 4.01. The highest BCUT2D eigenvalue weighted by molar-refractivity contribution is 5.17. The second-order valence-corrected chi connectivity index (χ2v) is 5.05. The highest BCUT2D eigenvalue weighted by Gasteiger charge is 2.31. The van der Waals surface area contributed by atoms with Crippen molar-refractivity contribution in [1.29, 1.82) is 0 Å². The molecule has 1 saturated carbocycles. The maximum absolute atomic E-state index is 6.30. The van der Waals surface area contributed by atoms with E-state index in [0.717, 1.165) is 6.42 Å². The summed E-state index contributed by atoms with van der Waals surface area (Å²) in [6, 6.07) is 5.42. The zero-order chi connectivity index (χ0) is 12.3. The van der Waals surface area contributed by atoms with Crippen LogP contribution in [-0.4, -0.2) is 29.0 Å². The van der Waals surface area contributed by atoms with Crippen LogP contribution in [0, 0.1) is 0 Å². The molecule has 1 aliphatic rings. The van der Waals surface area contributed by atoms with Crippen molar-refractivity contribution in [2.75, 3.05) is 7.05 Å². The van der Waals surface area contributed by atoms with E-state index < -0.39 is 0 Å². The smallest absolute Gasteiger partial charge is 0.0500 e. The molecule has 0 aliphatic heterocycles. The van der Waals surface area contributed by atoms with Gasteiger partial charge in [0, 0.05) is 30.5 Å². The Balaban J connectivity index is 2.18. The Bertz CT molecular complexity index is 335. The summed E-state index contributed by atoms with van der Waals surface area (Å²) in [5.41, 5.74) is 7.60. The normalized spacial score (nSPS) is 20.0. The lowest BCUT2D eigenvalue weighted by Crippen LogP contribution is -2.46. The van der Waals surface area contributed by atoms with Crippen molar-refractivity contribution in [3.8, 4) is 0 Å². The number of nitrogens with two attached hydrogens (primary N) is 1. The molecule has 2 rings (SSSR count). The Morgan fingerprint density at radius 2 is 2.06 bits per heavy atom. The van der Waals surface area contributed by atoms with Gasteiger partial charge in [-0.1, -0.05) is 13.3 Å². The first-order chi connectivity index (χ1) is 8.24. The SMILES string of the molecule is CCC(N)C(c1ccncc1)N(C)C1CCC1. The van der Waals surface area contributed by atoms with E-state index in [4.69, 9.17) is 5.73 Å². The van der Waals surface area contributed by atoms with Crippen LogP contribution >= 0.6 is 0 Å². The van der Waals surface area contributed by atoms with Gasteiger partial charge in [0.05, 0.1) is 0 Å². The van der Waals surface area contributed by atoms with E-state index in [0.29, 0.717) is 12.1 Å². The lowest BCUT2D eigenvalue weighted by atomic mass is 9.87. The van der Waals surface area contributed by atoms with Gasteiger partial charge in [-0.25, -0.2) is 0 Å². The maximum Gasteiger partial charge on any atom is 0.0500 e. The summed E-state index contributed by atoms with van der Waals surface area (Å²) < 4.78 is 0. The van der Waals surface area contributed by atoms with Crippen molar-refractivity contribution in [1.82, 2.24) is 9.88 Å². The molecule has 0 aromatic carbocycles. The summed E-state index contributed by atoms with van der Waals surface area (Å²) in [6.07, 6.45) is 8.71. The quantitative estimate of drug-likeness (QED) is 0.849. The Morgan fingerprint density at radius 3 is 2.53 bits per heavy atom. The molecule has 3 heteroatoms. The molecule has 17 heavy (non-hydrogen) atoms. The molecular weight excluding hydrogens is 210 g/mol. The minimum Gasteiger partial charge on any atom is -0.326 e. The van der Waals surface area contributed by atoms with E-state index in [1.165, 1.54) is 24.8 Å². The topological polar surface area (TPSA) is 42.1 Å². The van der Waals surface area contributed by atoms with Crippen molar-refractivity contribution in [3.05, 3.63) is 30.1 Å². The molecular formula is C14H23N3. The molecule has 2 unspecified atom stereocenters. The predicted molar refractivity (Wildman–Crippen MR) is 70.6 cm³/mol. The van der Waals surface area contributed by atoms with E-state index >= 15 is 0 Å². The molecule has 0 amide bonds. The van der Waals surface area contributed by atoms with Crippen LogP contribution in [0.1, 0.15) is 44.2 Å². The van der Waals surface area contributed by atoms with Gasteiger partial charge in [-0.2, -0.15) is 0 Å². The van der Waals surface area contributed by atoms with E-state index in [-0.39, 0.29) is 6.04 Å². The average molecular weight is 233 g/mol. The summed E-state index contributed by atoms with van der Waals surface area (Å²) in [7, 11) is 2.21. The number of hydrogen-bond acceptors (Lipinski definition) is 3. The predicted octanol–water partition coefficient (Wildman–Crippen LogP) is 2.34. The molecule has 1 fully saturated rings. The fraction of sp³-hybridized carbons (Fsp3) is 0.643. The second-order valence-electron chi connectivity index (χ2n) is 5.05. The van der Waals surface area contributed by atoms with Crippen LogP contribution in [-0.2, 0) is 0 Å². The van der Waals surface area contributed by atoms with Crippen molar-refractivity contribution < 1.29 is 0 Å². The van der Waals surface area contributed by atoms with Crippen LogP contribution in [0.5, 0.6) is 0 Å². The first-order valence-electron chi connectivity index (χ1n) is 6.61. The van der Waals surface area contributed by atoms with Gasteiger partial charge < -0.3 is 5.73 Å². The van der Waals surface area contributed by atoms with E-state index in [9.17, 15) is 0 Å². The van der Waals surface area contributed by atoms with Crippen molar-refractivity contribution in [2.24, 2.45) is 5.73 Å². The largest absolute Gasteiger partial charge is 0.326 e. The summed E-state index contributed by atoms with van der Waals surface area (Å²) in [5.74, 6) is 0. The van der Waals surface area contributed by atoms with E-state index in [1.54, 1.807) is 0 Å². The summed E-state index contributed by atoms with van der Waals surface area (Å²) in [5, 5.41) is 0. The molecule has 0 bridgehead atoms. The van der Waals surface area contributed by atoms with Gasteiger partial charge in [-0.05, 0) is 44.0 Å². The number of aromatic nitrogens is 1. The lowest BCUT2D eigenvalue weighted by molar-refractivity contribution is 0.0938. The van der Waals surface area contributed by atoms with E-state index in [1.807, 2.05) is 12.4 Å². The number of rotatable bonds is 5. The molecule has 2 N–H and O–H groups in total. The first kappa shape index (κ1) is 12.5. The van der Waals surface area contributed by atoms with Gasteiger partial charge in [0.15, 0.2) is 0 Å². The summed E-state index contributed by atoms with van der Waals surface area (Å²) in [6.45, 7) is 2.16. The molecule has 3 nitrogen and oxygen atoms in total. The second kappa shape index (κ2) is 5.61. The Morgan fingerprint density at radius 1 is 1.41 bits per heavy atom. The highest BCUT2D eigenvalue weighted by Crippen LogP contribution is 2.32. The van der Waals surface area contributed by atoms with Crippen LogP contribution in [0.4, 0.5) is 0 Å². The minimum atomic E-state index is 0.197. The zero-order valence-corrected chi connectivity index (χ0v) is 10.8. The number of hydrogen-bond donors (Lipinski definition) is 1. The molecule has 94 valence electrons. The standard InChI is InChI=1S/C14H23N3/c1-3-13(15)14(11-7-9-16-10-8-11)17(2)12-5-4-6-12/h7-10,12-14H,3-6,15H2,1-2H3. The molecule has 1 heterocycles. The number of pyridine rings is 1. The van der Waals surface area contributed by atoms with Gasteiger partial charge in [0.2, 0.25) is 0 Å². The van der Waals surface area contributed by atoms with Crippen molar-refractivity contribution in [3.63, 3.8) is 0 Å². The molecule has 0 spiro atoms. The van der Waals surface area contributed by atoms with Crippen LogP contribution in [0.2, 0.25) is 0 Å². The fourth-order valence-corrected chi connectivity index (χ4v) is 2.59. The molecule has 1 aromatic rings. The first-order valence-corrected chi connectivity index (χ1v) is 6.61. The Hall–Kier alpha value is -0.930. The van der Waals surface area contributed by atoms with Gasteiger partial charge in [-0.3, -0.25) is 9.88 Å². The third-order valence-electron chi connectivity index (χ3n) is 4.01. The van der Waals surface area contributed by atoms with Crippen LogP contribution in [0.3, 0.4) is 0 Å². The highest BCUT2D eigenvalue weighted by atomic mass is 15.2. The van der Waals surface area contributed by atoms with E-state index in [2.05, 4.69) is 36.0 Å².